The van der Waals surface area contributed by atoms with Gasteiger partial charge in [-0.25, -0.2) is 0 Å². The van der Waals surface area contributed by atoms with Crippen LogP contribution in [0.1, 0.15) is 36.1 Å². The van der Waals surface area contributed by atoms with Gasteiger partial charge in [-0.15, -0.1) is 5.10 Å². The molecule has 0 fully saturated rings. The Morgan fingerprint density at radius 3 is 2.90 bits per heavy atom. The molecule has 0 unspecified atom stereocenters. The number of aromatic nitrogens is 2. The second-order valence-corrected chi connectivity index (χ2v) is 5.88. The van der Waals surface area contributed by atoms with E-state index in [2.05, 4.69) is 28.8 Å². The Kier molecular flexibility index (Phi) is 3.40. The van der Waals surface area contributed by atoms with Crippen molar-refractivity contribution in [2.45, 2.75) is 20.0 Å². The van der Waals surface area contributed by atoms with E-state index in [4.69, 9.17) is 0 Å². The van der Waals surface area contributed by atoms with E-state index in [9.17, 15) is 4.79 Å². The highest BCUT2D eigenvalue weighted by Crippen LogP contribution is 2.32. The minimum Gasteiger partial charge on any atom is -0.359 e. The van der Waals surface area contributed by atoms with Crippen molar-refractivity contribution in [2.24, 2.45) is 5.92 Å². The summed E-state index contributed by atoms with van der Waals surface area (Å²) in [6.45, 7) is 4.89. The summed E-state index contributed by atoms with van der Waals surface area (Å²) in [6.07, 6.45) is -0.237. The molecule has 3 rings (SSSR count). The standard InChI is InChI=1S/C14H16N4OS/c1-9(2)7-18-13(12-8-20-17-16-12)15-11-6-4-3-5-10(11)14(18)19/h3-6,8-9,13,15H,7H2,1-2H3/t13-/m0/s1. The third-order valence-electron chi connectivity index (χ3n) is 3.24. The summed E-state index contributed by atoms with van der Waals surface area (Å²) in [6, 6.07) is 7.59. The molecule has 1 atom stereocenters. The first-order valence-electron chi connectivity index (χ1n) is 6.60. The van der Waals surface area contributed by atoms with Gasteiger partial charge in [0.1, 0.15) is 11.9 Å². The zero-order chi connectivity index (χ0) is 14.1. The quantitative estimate of drug-likeness (QED) is 0.943. The number of benzene rings is 1. The number of nitrogens with one attached hydrogen (secondary N) is 1. The normalized spacial score (nSPS) is 18.1. The molecule has 0 spiro atoms. The number of rotatable bonds is 3. The second-order valence-electron chi connectivity index (χ2n) is 5.27. The molecule has 20 heavy (non-hydrogen) atoms. The number of carbonyl (C=O) groups excluding carboxylic acids is 1. The van der Waals surface area contributed by atoms with Crippen molar-refractivity contribution >= 4 is 23.1 Å². The summed E-state index contributed by atoms with van der Waals surface area (Å²) in [4.78, 5) is 14.5. The minimum absolute atomic E-state index is 0.0473. The molecule has 104 valence electrons. The van der Waals surface area contributed by atoms with Gasteiger partial charge in [0.15, 0.2) is 0 Å². The fourth-order valence-corrected chi connectivity index (χ4v) is 2.87. The smallest absolute Gasteiger partial charge is 0.257 e. The van der Waals surface area contributed by atoms with E-state index in [1.165, 1.54) is 11.5 Å². The molecule has 0 radical (unpaired) electrons. The SMILES string of the molecule is CC(C)CN1C(=O)c2ccccc2N[C@@H]1c1csnn1. The van der Waals surface area contributed by atoms with Crippen LogP contribution in [0.4, 0.5) is 5.69 Å². The first-order valence-corrected chi connectivity index (χ1v) is 7.44. The van der Waals surface area contributed by atoms with Crippen LogP contribution in [0.5, 0.6) is 0 Å². The topological polar surface area (TPSA) is 58.1 Å². The third-order valence-corrected chi connectivity index (χ3v) is 3.76. The fourth-order valence-electron chi connectivity index (χ4n) is 2.40. The minimum atomic E-state index is -0.237. The third kappa shape index (κ3) is 2.27. The van der Waals surface area contributed by atoms with Gasteiger partial charge < -0.3 is 10.2 Å². The lowest BCUT2D eigenvalue weighted by Crippen LogP contribution is -2.44. The average molecular weight is 288 g/mol. The van der Waals surface area contributed by atoms with Crippen molar-refractivity contribution in [2.75, 3.05) is 11.9 Å². The van der Waals surface area contributed by atoms with Crippen LogP contribution in [0, 0.1) is 5.92 Å². The molecule has 1 amide bonds. The lowest BCUT2D eigenvalue weighted by atomic mass is 10.0. The molecule has 0 aliphatic carbocycles. The van der Waals surface area contributed by atoms with Crippen molar-refractivity contribution in [3.8, 4) is 0 Å². The first-order chi connectivity index (χ1) is 9.66. The van der Waals surface area contributed by atoms with Crippen molar-refractivity contribution in [1.29, 1.82) is 0 Å². The van der Waals surface area contributed by atoms with E-state index >= 15 is 0 Å². The largest absolute Gasteiger partial charge is 0.359 e. The predicted octanol–water partition coefficient (Wildman–Crippen LogP) is 2.76. The van der Waals surface area contributed by atoms with Crippen molar-refractivity contribution in [3.05, 3.63) is 40.9 Å². The molecule has 2 aromatic rings. The number of nitrogens with zero attached hydrogens (tertiary/aromatic N) is 3. The van der Waals surface area contributed by atoms with Crippen LogP contribution in [-0.4, -0.2) is 26.9 Å². The predicted molar refractivity (Wildman–Crippen MR) is 78.6 cm³/mol. The highest BCUT2D eigenvalue weighted by Gasteiger charge is 2.34. The summed E-state index contributed by atoms with van der Waals surface area (Å²) in [5.41, 5.74) is 2.36. The van der Waals surface area contributed by atoms with Gasteiger partial charge in [-0.3, -0.25) is 4.79 Å². The summed E-state index contributed by atoms with van der Waals surface area (Å²) >= 11 is 1.30. The highest BCUT2D eigenvalue weighted by molar-refractivity contribution is 7.03. The number of fused-ring (bicyclic) bond motifs is 1. The van der Waals surface area contributed by atoms with Crippen LogP contribution in [0.3, 0.4) is 0 Å². The van der Waals surface area contributed by atoms with E-state index in [1.54, 1.807) is 0 Å². The zero-order valence-corrected chi connectivity index (χ0v) is 12.2. The number of carbonyl (C=O) groups is 1. The van der Waals surface area contributed by atoms with Crippen molar-refractivity contribution < 1.29 is 4.79 Å². The number of anilines is 1. The summed E-state index contributed by atoms with van der Waals surface area (Å²) in [5, 5.41) is 9.39. The van der Waals surface area contributed by atoms with Gasteiger partial charge in [0, 0.05) is 17.6 Å². The van der Waals surface area contributed by atoms with Crippen molar-refractivity contribution in [3.63, 3.8) is 0 Å². The molecular formula is C14H16N4OS. The number of para-hydroxylation sites is 1. The Morgan fingerprint density at radius 2 is 2.20 bits per heavy atom. The molecule has 1 aliphatic rings. The monoisotopic (exact) mass is 288 g/mol. The lowest BCUT2D eigenvalue weighted by molar-refractivity contribution is 0.0654. The van der Waals surface area contributed by atoms with Crippen LogP contribution >= 0.6 is 11.5 Å². The zero-order valence-electron chi connectivity index (χ0n) is 11.4. The highest BCUT2D eigenvalue weighted by atomic mass is 32.1. The van der Waals surface area contributed by atoms with E-state index in [0.29, 0.717) is 18.0 Å². The molecule has 0 bridgehead atoms. The van der Waals surface area contributed by atoms with Gasteiger partial charge in [0.25, 0.3) is 5.91 Å². The van der Waals surface area contributed by atoms with Gasteiger partial charge in [-0.1, -0.05) is 30.5 Å². The maximum atomic E-state index is 12.7. The number of hydrogen-bond acceptors (Lipinski definition) is 5. The summed E-state index contributed by atoms with van der Waals surface area (Å²) in [5.74, 6) is 0.436. The van der Waals surface area contributed by atoms with Crippen molar-refractivity contribution in [1.82, 2.24) is 14.5 Å². The van der Waals surface area contributed by atoms with E-state index < -0.39 is 0 Å². The van der Waals surface area contributed by atoms with Crippen LogP contribution in [0.25, 0.3) is 0 Å². The maximum Gasteiger partial charge on any atom is 0.257 e. The summed E-state index contributed by atoms with van der Waals surface area (Å²) < 4.78 is 3.91. The molecule has 1 aromatic carbocycles. The Hall–Kier alpha value is -1.95. The second kappa shape index (κ2) is 5.20. The Morgan fingerprint density at radius 1 is 1.40 bits per heavy atom. The molecular weight excluding hydrogens is 272 g/mol. The Bertz CT molecular complexity index is 611. The van der Waals surface area contributed by atoms with Crippen LogP contribution in [0.2, 0.25) is 0 Å². The van der Waals surface area contributed by atoms with Gasteiger partial charge in [0.2, 0.25) is 0 Å². The number of hydrogen-bond donors (Lipinski definition) is 1. The van der Waals surface area contributed by atoms with Gasteiger partial charge in [0.05, 0.1) is 5.56 Å². The van der Waals surface area contributed by atoms with E-state index in [-0.39, 0.29) is 12.1 Å². The molecule has 0 saturated carbocycles. The van der Waals surface area contributed by atoms with Crippen LogP contribution in [0.15, 0.2) is 29.6 Å². The molecule has 0 saturated heterocycles. The molecule has 6 heteroatoms. The lowest BCUT2D eigenvalue weighted by Gasteiger charge is -2.37. The number of amides is 1. The molecule has 5 nitrogen and oxygen atoms in total. The average Bonchev–Trinajstić information content (AvgIpc) is 2.95. The Balaban J connectivity index is 2.02. The molecule has 1 N–H and O–H groups in total. The van der Waals surface area contributed by atoms with Crippen LogP contribution < -0.4 is 5.32 Å². The van der Waals surface area contributed by atoms with Crippen LogP contribution in [-0.2, 0) is 0 Å². The fraction of sp³-hybridized carbons (Fsp3) is 0.357. The van der Waals surface area contributed by atoms with Gasteiger partial charge in [-0.2, -0.15) is 0 Å². The summed E-state index contributed by atoms with van der Waals surface area (Å²) in [7, 11) is 0. The molecule has 2 heterocycles. The van der Waals surface area contributed by atoms with E-state index in [1.807, 2.05) is 34.5 Å². The maximum absolute atomic E-state index is 12.7. The Labute approximate surface area is 121 Å². The molecule has 1 aromatic heterocycles. The van der Waals surface area contributed by atoms with Gasteiger partial charge in [-0.05, 0) is 29.6 Å². The van der Waals surface area contributed by atoms with Gasteiger partial charge >= 0.3 is 0 Å². The first kappa shape index (κ1) is 13.1. The molecule has 1 aliphatic heterocycles. The van der Waals surface area contributed by atoms with E-state index in [0.717, 1.165) is 11.4 Å².